The third kappa shape index (κ3) is 2.41. The first-order valence-corrected chi connectivity index (χ1v) is 2.97. The zero-order chi connectivity index (χ0) is 7.44. The van der Waals surface area contributed by atoms with Crippen LogP contribution in [0.4, 0.5) is 0 Å². The molecule has 0 radical (unpaired) electrons. The highest BCUT2D eigenvalue weighted by molar-refractivity contribution is 7.80. The molecule has 0 fully saturated rings. The molecule has 52 valence electrons. The predicted molar refractivity (Wildman–Crippen MR) is 40.1 cm³/mol. The second kappa shape index (κ2) is 3.40. The van der Waals surface area contributed by atoms with Gasteiger partial charge in [-0.1, -0.05) is 12.2 Å². The summed E-state index contributed by atoms with van der Waals surface area (Å²) in [5.41, 5.74) is 5.24. The summed E-state index contributed by atoms with van der Waals surface area (Å²) >= 11 is 4.64. The molecule has 1 atom stereocenters. The summed E-state index contributed by atoms with van der Waals surface area (Å²) in [5.74, 6) is 0. The Labute approximate surface area is 59.8 Å². The van der Waals surface area contributed by atoms with Gasteiger partial charge in [0.1, 0.15) is 0 Å². The van der Waals surface area contributed by atoms with Crippen molar-refractivity contribution in [2.45, 2.75) is 13.0 Å². The minimum Gasteiger partial charge on any atom is -0.392 e. The normalized spacial score (nSPS) is 12.2. The fourth-order valence-corrected chi connectivity index (χ4v) is 0.458. The molecule has 0 spiro atoms. The zero-order valence-electron chi connectivity index (χ0n) is 5.50. The Morgan fingerprint density at radius 2 is 2.33 bits per heavy atom. The number of nitrogens with two attached hydrogens (primary N) is 1. The third-order valence-electron chi connectivity index (χ3n) is 1.19. The lowest BCUT2D eigenvalue weighted by atomic mass is 10.3. The van der Waals surface area contributed by atoms with E-state index in [1.54, 1.807) is 14.0 Å². The quantitative estimate of drug-likeness (QED) is 0.441. The number of amides is 1. The molecule has 2 N–H and O–H groups in total. The van der Waals surface area contributed by atoms with Crippen molar-refractivity contribution >= 4 is 23.6 Å². The van der Waals surface area contributed by atoms with Crippen LogP contribution < -0.4 is 5.73 Å². The molecular formula is C5H10N2OS. The maximum Gasteiger partial charge on any atom is 0.210 e. The number of nitrogens with zero attached hydrogens (tertiary/aromatic N) is 1. The van der Waals surface area contributed by atoms with Crippen molar-refractivity contribution in [1.29, 1.82) is 0 Å². The lowest BCUT2D eigenvalue weighted by molar-refractivity contribution is -0.117. The molecule has 1 unspecified atom stereocenters. The largest absolute Gasteiger partial charge is 0.392 e. The summed E-state index contributed by atoms with van der Waals surface area (Å²) < 4.78 is 0. The summed E-state index contributed by atoms with van der Waals surface area (Å²) in [6.45, 7) is 1.77. The number of hydrogen-bond acceptors (Lipinski definition) is 2. The van der Waals surface area contributed by atoms with Gasteiger partial charge in [-0.25, -0.2) is 0 Å². The van der Waals surface area contributed by atoms with E-state index in [4.69, 9.17) is 5.73 Å². The van der Waals surface area contributed by atoms with Crippen LogP contribution in [0.1, 0.15) is 6.92 Å². The fraction of sp³-hybridized carbons (Fsp3) is 0.600. The highest BCUT2D eigenvalue weighted by Gasteiger charge is 2.07. The van der Waals surface area contributed by atoms with Crippen LogP contribution in [0.15, 0.2) is 0 Å². The van der Waals surface area contributed by atoms with Gasteiger partial charge in [0.15, 0.2) is 0 Å². The molecule has 0 saturated heterocycles. The van der Waals surface area contributed by atoms with E-state index < -0.39 is 0 Å². The van der Waals surface area contributed by atoms with Crippen molar-refractivity contribution in [3.05, 3.63) is 0 Å². The highest BCUT2D eigenvalue weighted by atomic mass is 32.1. The first-order chi connectivity index (χ1) is 4.09. The smallest absolute Gasteiger partial charge is 0.210 e. The molecule has 0 aliphatic heterocycles. The van der Waals surface area contributed by atoms with Crippen LogP contribution in [-0.4, -0.2) is 29.4 Å². The van der Waals surface area contributed by atoms with Crippen LogP contribution in [0.25, 0.3) is 0 Å². The molecule has 1 amide bonds. The molecule has 4 heteroatoms. The van der Waals surface area contributed by atoms with Gasteiger partial charge in [0, 0.05) is 7.05 Å². The van der Waals surface area contributed by atoms with Crippen molar-refractivity contribution in [3.63, 3.8) is 0 Å². The molecule has 0 aliphatic carbocycles. The molecular weight excluding hydrogens is 136 g/mol. The van der Waals surface area contributed by atoms with E-state index in [2.05, 4.69) is 12.2 Å². The van der Waals surface area contributed by atoms with Crippen molar-refractivity contribution < 1.29 is 4.79 Å². The summed E-state index contributed by atoms with van der Waals surface area (Å²) in [4.78, 5) is 11.8. The Kier molecular flexibility index (Phi) is 3.16. The molecule has 0 bridgehead atoms. The SMILES string of the molecule is CC(C(N)=S)N(C)C=O. The van der Waals surface area contributed by atoms with Gasteiger partial charge in [0.25, 0.3) is 0 Å². The van der Waals surface area contributed by atoms with E-state index >= 15 is 0 Å². The Hall–Kier alpha value is -0.640. The molecule has 0 rings (SSSR count). The van der Waals surface area contributed by atoms with Crippen LogP contribution in [0, 0.1) is 0 Å². The van der Waals surface area contributed by atoms with Gasteiger partial charge >= 0.3 is 0 Å². The molecule has 9 heavy (non-hydrogen) atoms. The second-order valence-electron chi connectivity index (χ2n) is 1.85. The standard InChI is InChI=1S/C5H10N2OS/c1-4(5(6)9)7(2)3-8/h3-4H,1-2H3,(H2,6,9). The summed E-state index contributed by atoms with van der Waals surface area (Å²) in [6, 6.07) is -0.141. The summed E-state index contributed by atoms with van der Waals surface area (Å²) in [5, 5.41) is 0. The Morgan fingerprint density at radius 1 is 1.89 bits per heavy atom. The van der Waals surface area contributed by atoms with Crippen molar-refractivity contribution in [2.24, 2.45) is 5.73 Å². The van der Waals surface area contributed by atoms with Gasteiger partial charge in [-0.05, 0) is 6.92 Å². The average molecular weight is 146 g/mol. The van der Waals surface area contributed by atoms with Crippen LogP contribution in [-0.2, 0) is 4.79 Å². The number of carbonyl (C=O) groups is 1. The average Bonchev–Trinajstić information content (AvgIpc) is 1.84. The van der Waals surface area contributed by atoms with E-state index in [0.717, 1.165) is 0 Å². The molecule has 0 aromatic rings. The molecule has 0 aliphatic rings. The first kappa shape index (κ1) is 8.36. The van der Waals surface area contributed by atoms with Crippen LogP contribution in [0.3, 0.4) is 0 Å². The first-order valence-electron chi connectivity index (χ1n) is 2.56. The number of hydrogen-bond donors (Lipinski definition) is 1. The number of likely N-dealkylation sites (N-methyl/N-ethyl adjacent to an activating group) is 1. The Morgan fingerprint density at radius 3 is 2.44 bits per heavy atom. The molecule has 3 nitrogen and oxygen atoms in total. The minimum absolute atomic E-state index is 0.141. The van der Waals surface area contributed by atoms with Gasteiger partial charge in [-0.2, -0.15) is 0 Å². The van der Waals surface area contributed by atoms with Gasteiger partial charge in [-0.15, -0.1) is 0 Å². The van der Waals surface area contributed by atoms with Crippen LogP contribution in [0.5, 0.6) is 0 Å². The van der Waals surface area contributed by atoms with E-state index in [9.17, 15) is 4.79 Å². The molecule has 0 heterocycles. The van der Waals surface area contributed by atoms with Crippen LogP contribution >= 0.6 is 12.2 Å². The zero-order valence-corrected chi connectivity index (χ0v) is 6.31. The van der Waals surface area contributed by atoms with Crippen LogP contribution in [0.2, 0.25) is 0 Å². The van der Waals surface area contributed by atoms with Crippen molar-refractivity contribution in [1.82, 2.24) is 4.90 Å². The number of carbonyl (C=O) groups excluding carboxylic acids is 1. The lowest BCUT2D eigenvalue weighted by Gasteiger charge is -2.17. The van der Waals surface area contributed by atoms with Gasteiger partial charge in [0.05, 0.1) is 11.0 Å². The van der Waals surface area contributed by atoms with E-state index in [1.165, 1.54) is 4.90 Å². The molecule has 0 saturated carbocycles. The van der Waals surface area contributed by atoms with Crippen molar-refractivity contribution in [3.8, 4) is 0 Å². The van der Waals surface area contributed by atoms with E-state index in [1.807, 2.05) is 0 Å². The van der Waals surface area contributed by atoms with E-state index in [0.29, 0.717) is 11.4 Å². The van der Waals surface area contributed by atoms with E-state index in [-0.39, 0.29) is 6.04 Å². The van der Waals surface area contributed by atoms with Gasteiger partial charge < -0.3 is 10.6 Å². The maximum atomic E-state index is 10.1. The monoisotopic (exact) mass is 146 g/mol. The second-order valence-corrected chi connectivity index (χ2v) is 2.32. The summed E-state index contributed by atoms with van der Waals surface area (Å²) in [7, 11) is 1.64. The Bertz CT molecular complexity index is 126. The molecule has 0 aromatic carbocycles. The van der Waals surface area contributed by atoms with Gasteiger partial charge in [0.2, 0.25) is 6.41 Å². The van der Waals surface area contributed by atoms with Gasteiger partial charge in [-0.3, -0.25) is 4.79 Å². The topological polar surface area (TPSA) is 46.3 Å². The predicted octanol–water partition coefficient (Wildman–Crippen LogP) is -0.251. The fourth-order valence-electron chi connectivity index (χ4n) is 0.292. The molecule has 0 aromatic heterocycles. The lowest BCUT2D eigenvalue weighted by Crippen LogP contribution is -2.38. The van der Waals surface area contributed by atoms with Crippen molar-refractivity contribution in [2.75, 3.05) is 7.05 Å². The maximum absolute atomic E-state index is 10.1. The summed E-state index contributed by atoms with van der Waals surface area (Å²) in [6.07, 6.45) is 0.698. The Balaban J connectivity index is 3.86. The minimum atomic E-state index is -0.141. The number of thiocarbonyl (C=S) groups is 1. The third-order valence-corrected chi connectivity index (χ3v) is 1.53. The highest BCUT2D eigenvalue weighted by Crippen LogP contribution is 1.90. The number of rotatable bonds is 3.